The number of hydrogen-bond acceptors (Lipinski definition) is 3. The quantitative estimate of drug-likeness (QED) is 0.769. The molecule has 2 aromatic rings. The van der Waals surface area contributed by atoms with Gasteiger partial charge in [-0.3, -0.25) is 4.79 Å². The molecule has 1 amide bonds. The highest BCUT2D eigenvalue weighted by atomic mass is 35.5. The van der Waals surface area contributed by atoms with Gasteiger partial charge in [0.15, 0.2) is 0 Å². The summed E-state index contributed by atoms with van der Waals surface area (Å²) in [5.74, 6) is 2.31. The van der Waals surface area contributed by atoms with E-state index < -0.39 is 0 Å². The van der Waals surface area contributed by atoms with Crippen molar-refractivity contribution in [2.45, 2.75) is 18.6 Å². The molecule has 0 aromatic heterocycles. The van der Waals surface area contributed by atoms with Crippen molar-refractivity contribution in [3.8, 4) is 0 Å². The highest BCUT2D eigenvalue weighted by molar-refractivity contribution is 7.98. The Bertz CT molecular complexity index is 653. The molecule has 0 bridgehead atoms. The van der Waals surface area contributed by atoms with Gasteiger partial charge < -0.3 is 10.6 Å². The van der Waals surface area contributed by atoms with Crippen molar-refractivity contribution in [2.75, 3.05) is 25.4 Å². The van der Waals surface area contributed by atoms with Crippen LogP contribution in [0.2, 0.25) is 0 Å². The van der Waals surface area contributed by atoms with E-state index in [1.165, 1.54) is 16.3 Å². The monoisotopic (exact) mass is 364 g/mol. The van der Waals surface area contributed by atoms with Crippen molar-refractivity contribution in [2.24, 2.45) is 5.92 Å². The van der Waals surface area contributed by atoms with Gasteiger partial charge in [0.2, 0.25) is 5.91 Å². The van der Waals surface area contributed by atoms with Gasteiger partial charge in [0.25, 0.3) is 0 Å². The van der Waals surface area contributed by atoms with Crippen LogP contribution in [0.1, 0.15) is 18.4 Å². The van der Waals surface area contributed by atoms with Crippen LogP contribution in [0.4, 0.5) is 0 Å². The molecule has 1 aliphatic heterocycles. The second kappa shape index (κ2) is 9.92. The van der Waals surface area contributed by atoms with Gasteiger partial charge in [-0.05, 0) is 35.7 Å². The SMILES string of the molecule is Cl.O=C(NCCSCc1cccc2ccccc12)C1CCCNC1. The first-order chi connectivity index (χ1) is 11.3. The molecule has 2 aromatic carbocycles. The zero-order chi connectivity index (χ0) is 15.9. The fourth-order valence-electron chi connectivity index (χ4n) is 3.07. The van der Waals surface area contributed by atoms with Gasteiger partial charge in [-0.2, -0.15) is 11.8 Å². The van der Waals surface area contributed by atoms with Gasteiger partial charge in [0.05, 0.1) is 5.92 Å². The van der Waals surface area contributed by atoms with Crippen LogP contribution in [0, 0.1) is 5.92 Å². The van der Waals surface area contributed by atoms with E-state index in [4.69, 9.17) is 0 Å². The molecule has 1 unspecified atom stereocenters. The summed E-state index contributed by atoms with van der Waals surface area (Å²) in [5.41, 5.74) is 1.37. The van der Waals surface area contributed by atoms with Gasteiger partial charge in [-0.25, -0.2) is 0 Å². The molecule has 0 spiro atoms. The first-order valence-electron chi connectivity index (χ1n) is 8.37. The summed E-state index contributed by atoms with van der Waals surface area (Å²) in [4.78, 5) is 12.0. The Labute approximate surface area is 154 Å². The number of hydrogen-bond donors (Lipinski definition) is 2. The number of piperidine rings is 1. The molecule has 1 atom stereocenters. The lowest BCUT2D eigenvalue weighted by Crippen LogP contribution is -2.41. The number of benzene rings is 2. The normalized spacial score (nSPS) is 17.2. The summed E-state index contributed by atoms with van der Waals surface area (Å²) in [7, 11) is 0. The van der Waals surface area contributed by atoms with Crippen LogP contribution in [0.5, 0.6) is 0 Å². The average molecular weight is 365 g/mol. The van der Waals surface area contributed by atoms with Crippen molar-refractivity contribution >= 4 is 40.8 Å². The van der Waals surface area contributed by atoms with E-state index in [2.05, 4.69) is 53.1 Å². The Hall–Kier alpha value is -1.23. The molecule has 2 N–H and O–H groups in total. The highest BCUT2D eigenvalue weighted by Crippen LogP contribution is 2.22. The zero-order valence-corrected chi connectivity index (χ0v) is 15.4. The molecule has 1 aliphatic rings. The molecular formula is C19H25ClN2OS. The molecule has 1 heterocycles. The molecule has 1 fully saturated rings. The van der Waals surface area contributed by atoms with Gasteiger partial charge in [-0.15, -0.1) is 12.4 Å². The summed E-state index contributed by atoms with van der Waals surface area (Å²) in [6.07, 6.45) is 2.12. The summed E-state index contributed by atoms with van der Waals surface area (Å²) >= 11 is 1.88. The second-order valence-electron chi connectivity index (χ2n) is 6.03. The Morgan fingerprint density at radius 1 is 1.21 bits per heavy atom. The fraction of sp³-hybridized carbons (Fsp3) is 0.421. The number of thioether (sulfide) groups is 1. The number of carbonyl (C=O) groups excluding carboxylic acids is 1. The van der Waals surface area contributed by atoms with Crippen LogP contribution in [0.25, 0.3) is 10.8 Å². The summed E-state index contributed by atoms with van der Waals surface area (Å²) in [6, 6.07) is 15.0. The van der Waals surface area contributed by atoms with Gasteiger partial charge >= 0.3 is 0 Å². The van der Waals surface area contributed by atoms with Crippen molar-refractivity contribution < 1.29 is 4.79 Å². The minimum absolute atomic E-state index is 0. The topological polar surface area (TPSA) is 41.1 Å². The van der Waals surface area contributed by atoms with E-state index in [9.17, 15) is 4.79 Å². The number of fused-ring (bicyclic) bond motifs is 1. The molecule has 3 rings (SSSR count). The number of rotatable bonds is 6. The first-order valence-corrected chi connectivity index (χ1v) is 9.53. The third kappa shape index (κ3) is 5.13. The van der Waals surface area contributed by atoms with E-state index in [-0.39, 0.29) is 24.2 Å². The van der Waals surface area contributed by atoms with Gasteiger partial charge in [-0.1, -0.05) is 42.5 Å². The smallest absolute Gasteiger partial charge is 0.224 e. The average Bonchev–Trinajstić information content (AvgIpc) is 2.62. The maximum absolute atomic E-state index is 12.0. The third-order valence-electron chi connectivity index (χ3n) is 4.35. The Kier molecular flexibility index (Phi) is 7.89. The Morgan fingerprint density at radius 2 is 2.04 bits per heavy atom. The number of halogens is 1. The van der Waals surface area contributed by atoms with Crippen LogP contribution in [-0.4, -0.2) is 31.3 Å². The maximum atomic E-state index is 12.0. The van der Waals surface area contributed by atoms with Crippen molar-refractivity contribution in [3.05, 3.63) is 48.0 Å². The van der Waals surface area contributed by atoms with E-state index in [0.29, 0.717) is 0 Å². The molecule has 1 saturated heterocycles. The molecule has 130 valence electrons. The molecule has 0 aliphatic carbocycles. The predicted molar refractivity (Wildman–Crippen MR) is 106 cm³/mol. The molecule has 24 heavy (non-hydrogen) atoms. The Morgan fingerprint density at radius 3 is 2.88 bits per heavy atom. The van der Waals surface area contributed by atoms with Gasteiger partial charge in [0, 0.05) is 24.6 Å². The minimum atomic E-state index is 0. The maximum Gasteiger partial charge on any atom is 0.224 e. The predicted octanol–water partition coefficient (Wildman–Crippen LogP) is 3.61. The zero-order valence-electron chi connectivity index (χ0n) is 13.8. The lowest BCUT2D eigenvalue weighted by Gasteiger charge is -2.21. The molecule has 0 radical (unpaired) electrons. The van der Waals surface area contributed by atoms with Crippen LogP contribution in [0.3, 0.4) is 0 Å². The Balaban J connectivity index is 0.00000208. The molecule has 3 nitrogen and oxygen atoms in total. The van der Waals surface area contributed by atoms with Gasteiger partial charge in [0.1, 0.15) is 0 Å². The summed E-state index contributed by atoms with van der Waals surface area (Å²) in [5, 5.41) is 8.99. The second-order valence-corrected chi connectivity index (χ2v) is 7.13. The highest BCUT2D eigenvalue weighted by Gasteiger charge is 2.19. The van der Waals surface area contributed by atoms with Crippen molar-refractivity contribution in [1.82, 2.24) is 10.6 Å². The lowest BCUT2D eigenvalue weighted by atomic mass is 9.99. The number of amides is 1. The van der Waals surface area contributed by atoms with E-state index in [1.807, 2.05) is 11.8 Å². The van der Waals surface area contributed by atoms with Crippen LogP contribution in [-0.2, 0) is 10.5 Å². The third-order valence-corrected chi connectivity index (χ3v) is 5.36. The summed E-state index contributed by atoms with van der Waals surface area (Å²) < 4.78 is 0. The largest absolute Gasteiger partial charge is 0.355 e. The molecule has 0 saturated carbocycles. The first kappa shape index (κ1) is 19.1. The number of nitrogens with one attached hydrogen (secondary N) is 2. The van der Waals surface area contributed by atoms with Crippen molar-refractivity contribution in [3.63, 3.8) is 0 Å². The van der Waals surface area contributed by atoms with E-state index >= 15 is 0 Å². The fourth-order valence-corrected chi connectivity index (χ4v) is 3.93. The van der Waals surface area contributed by atoms with Crippen molar-refractivity contribution in [1.29, 1.82) is 0 Å². The standard InChI is InChI=1S/C19H24N2OS.ClH/c22-19(16-8-4-10-20-13-16)21-11-12-23-14-17-7-3-6-15-5-1-2-9-18(15)17;/h1-3,5-7,9,16,20H,4,8,10-14H2,(H,21,22);1H. The lowest BCUT2D eigenvalue weighted by molar-refractivity contribution is -0.125. The summed E-state index contributed by atoms with van der Waals surface area (Å²) in [6.45, 7) is 2.63. The number of carbonyl (C=O) groups is 1. The van der Waals surface area contributed by atoms with E-state index in [0.717, 1.165) is 44.0 Å². The molecular weight excluding hydrogens is 340 g/mol. The van der Waals surface area contributed by atoms with E-state index in [1.54, 1.807) is 0 Å². The van der Waals surface area contributed by atoms with Crippen LogP contribution >= 0.6 is 24.2 Å². The molecule has 5 heteroatoms. The minimum Gasteiger partial charge on any atom is -0.355 e. The van der Waals surface area contributed by atoms with Crippen LogP contribution in [0.15, 0.2) is 42.5 Å². The van der Waals surface area contributed by atoms with Crippen LogP contribution < -0.4 is 10.6 Å².